The Kier molecular flexibility index (Phi) is 4.37. The Balaban J connectivity index is 1.77. The highest BCUT2D eigenvalue weighted by molar-refractivity contribution is 6.34. The number of nitrogens with zero attached hydrogens (tertiary/aromatic N) is 1. The van der Waals surface area contributed by atoms with Gasteiger partial charge in [0.15, 0.2) is 0 Å². The van der Waals surface area contributed by atoms with E-state index in [4.69, 9.17) is 20.8 Å². The summed E-state index contributed by atoms with van der Waals surface area (Å²) in [5.74, 6) is -0.170. The van der Waals surface area contributed by atoms with Crippen LogP contribution in [-0.4, -0.2) is 17.9 Å². The summed E-state index contributed by atoms with van der Waals surface area (Å²) in [5, 5.41) is 15.5. The van der Waals surface area contributed by atoms with E-state index >= 15 is 0 Å². The van der Waals surface area contributed by atoms with Crippen molar-refractivity contribution in [1.29, 1.82) is 0 Å². The maximum Gasteiger partial charge on any atom is 0.270 e. The number of ether oxygens (including phenoxy) is 1. The molecule has 0 bridgehead atoms. The predicted octanol–water partition coefficient (Wildman–Crippen LogP) is 5.41. The van der Waals surface area contributed by atoms with Crippen molar-refractivity contribution in [3.8, 4) is 5.75 Å². The molecule has 0 saturated carbocycles. The largest absolute Gasteiger partial charge is 0.495 e. The van der Waals surface area contributed by atoms with Gasteiger partial charge >= 0.3 is 0 Å². The number of furan rings is 1. The number of benzene rings is 3. The third-order valence-corrected chi connectivity index (χ3v) is 4.68. The van der Waals surface area contributed by atoms with Crippen molar-refractivity contribution in [2.45, 2.75) is 0 Å². The van der Waals surface area contributed by atoms with E-state index in [-0.39, 0.29) is 16.3 Å². The van der Waals surface area contributed by atoms with E-state index in [1.54, 1.807) is 12.1 Å². The second-order valence-electron chi connectivity index (χ2n) is 6.02. The number of carbonyl (C=O) groups is 1. The van der Waals surface area contributed by atoms with Gasteiger partial charge in [-0.2, -0.15) is 0 Å². The van der Waals surface area contributed by atoms with Crippen LogP contribution in [0, 0.1) is 10.1 Å². The lowest BCUT2D eigenvalue weighted by molar-refractivity contribution is -0.384. The van der Waals surface area contributed by atoms with Crippen LogP contribution in [0.2, 0.25) is 5.02 Å². The van der Waals surface area contributed by atoms with E-state index < -0.39 is 10.8 Å². The van der Waals surface area contributed by atoms with Gasteiger partial charge in [0.05, 0.1) is 28.3 Å². The normalized spacial score (nSPS) is 10.9. The SMILES string of the molecule is COc1cc2c(cc1NC(=O)c1cc([N+](=O)[O-])ccc1Cl)oc1ccccc12. The van der Waals surface area contributed by atoms with Gasteiger partial charge in [0, 0.05) is 29.0 Å². The van der Waals surface area contributed by atoms with Gasteiger partial charge in [-0.1, -0.05) is 29.8 Å². The minimum Gasteiger partial charge on any atom is -0.495 e. The highest BCUT2D eigenvalue weighted by Gasteiger charge is 2.19. The Bertz CT molecular complexity index is 1250. The van der Waals surface area contributed by atoms with Crippen molar-refractivity contribution in [3.05, 3.63) is 75.3 Å². The standard InChI is InChI=1S/C20H13ClN2O5/c1-27-19-9-13-12-4-2-3-5-17(12)28-18(13)10-16(19)22-20(24)14-8-11(23(25)26)6-7-15(14)21/h2-10H,1H3,(H,22,24). The number of carbonyl (C=O) groups excluding carboxylic acids is 1. The van der Waals surface area contributed by atoms with Crippen LogP contribution in [0.25, 0.3) is 21.9 Å². The van der Waals surface area contributed by atoms with Crippen LogP contribution in [0.5, 0.6) is 5.75 Å². The van der Waals surface area contributed by atoms with Crippen LogP contribution in [0.15, 0.2) is 59.0 Å². The topological polar surface area (TPSA) is 94.6 Å². The molecule has 0 atom stereocenters. The summed E-state index contributed by atoms with van der Waals surface area (Å²) >= 11 is 6.05. The molecule has 1 heterocycles. The lowest BCUT2D eigenvalue weighted by atomic mass is 10.1. The predicted molar refractivity (Wildman–Crippen MR) is 106 cm³/mol. The molecule has 1 N–H and O–H groups in total. The van der Waals surface area contributed by atoms with Gasteiger partial charge in [-0.25, -0.2) is 0 Å². The molecule has 140 valence electrons. The molecule has 0 fully saturated rings. The summed E-state index contributed by atoms with van der Waals surface area (Å²) in [6, 6.07) is 14.7. The van der Waals surface area contributed by atoms with E-state index in [0.29, 0.717) is 22.6 Å². The molecule has 0 saturated heterocycles. The van der Waals surface area contributed by atoms with Crippen LogP contribution in [0.4, 0.5) is 11.4 Å². The minimum absolute atomic E-state index is 0.0115. The van der Waals surface area contributed by atoms with Gasteiger partial charge in [0.25, 0.3) is 11.6 Å². The summed E-state index contributed by atoms with van der Waals surface area (Å²) < 4.78 is 11.2. The molecule has 1 amide bonds. The lowest BCUT2D eigenvalue weighted by Crippen LogP contribution is -2.13. The van der Waals surface area contributed by atoms with Crippen molar-refractivity contribution in [2.24, 2.45) is 0 Å². The molecule has 0 radical (unpaired) electrons. The Morgan fingerprint density at radius 3 is 2.64 bits per heavy atom. The molecule has 28 heavy (non-hydrogen) atoms. The number of methoxy groups -OCH3 is 1. The summed E-state index contributed by atoms with van der Waals surface area (Å²) in [7, 11) is 1.49. The number of anilines is 1. The average molecular weight is 397 g/mol. The van der Waals surface area contributed by atoms with Crippen LogP contribution >= 0.6 is 11.6 Å². The van der Waals surface area contributed by atoms with Gasteiger partial charge in [0.2, 0.25) is 0 Å². The zero-order valence-corrected chi connectivity index (χ0v) is 15.3. The zero-order valence-electron chi connectivity index (χ0n) is 14.6. The molecule has 8 heteroatoms. The van der Waals surface area contributed by atoms with Crippen molar-refractivity contribution >= 4 is 50.8 Å². The fourth-order valence-corrected chi connectivity index (χ4v) is 3.21. The molecular weight excluding hydrogens is 384 g/mol. The van der Waals surface area contributed by atoms with Crippen molar-refractivity contribution in [3.63, 3.8) is 0 Å². The van der Waals surface area contributed by atoms with Crippen LogP contribution in [0.1, 0.15) is 10.4 Å². The Morgan fingerprint density at radius 1 is 1.11 bits per heavy atom. The van der Waals surface area contributed by atoms with Crippen LogP contribution < -0.4 is 10.1 Å². The fourth-order valence-electron chi connectivity index (χ4n) is 3.01. The van der Waals surface area contributed by atoms with E-state index in [9.17, 15) is 14.9 Å². The Labute approximate surface area is 163 Å². The second-order valence-corrected chi connectivity index (χ2v) is 6.43. The minimum atomic E-state index is -0.595. The number of para-hydroxylation sites is 1. The molecule has 7 nitrogen and oxygen atoms in total. The number of nitro benzene ring substituents is 1. The molecule has 0 unspecified atom stereocenters. The molecule has 4 rings (SSSR count). The molecule has 3 aromatic carbocycles. The first-order valence-corrected chi connectivity index (χ1v) is 8.60. The highest BCUT2D eigenvalue weighted by Crippen LogP contribution is 2.36. The van der Waals surface area contributed by atoms with E-state index in [2.05, 4.69) is 5.32 Å². The quantitative estimate of drug-likeness (QED) is 0.367. The number of amides is 1. The Hall–Kier alpha value is -3.58. The van der Waals surface area contributed by atoms with Gasteiger partial charge < -0.3 is 14.5 Å². The highest BCUT2D eigenvalue weighted by atomic mass is 35.5. The molecular formula is C20H13ClN2O5. The molecule has 0 aliphatic heterocycles. The molecule has 4 aromatic rings. The van der Waals surface area contributed by atoms with Gasteiger partial charge in [-0.3, -0.25) is 14.9 Å². The van der Waals surface area contributed by atoms with E-state index in [1.165, 1.54) is 19.2 Å². The maximum atomic E-state index is 12.7. The second kappa shape index (κ2) is 6.86. The number of rotatable bonds is 4. The first-order chi connectivity index (χ1) is 13.5. The number of fused-ring (bicyclic) bond motifs is 3. The molecule has 0 aliphatic carbocycles. The monoisotopic (exact) mass is 396 g/mol. The number of hydrogen-bond donors (Lipinski definition) is 1. The molecule has 1 aromatic heterocycles. The Morgan fingerprint density at radius 2 is 1.89 bits per heavy atom. The lowest BCUT2D eigenvalue weighted by Gasteiger charge is -2.11. The summed E-state index contributed by atoms with van der Waals surface area (Å²) in [6.45, 7) is 0. The summed E-state index contributed by atoms with van der Waals surface area (Å²) in [6.07, 6.45) is 0. The zero-order chi connectivity index (χ0) is 19.8. The van der Waals surface area contributed by atoms with Crippen molar-refractivity contribution < 1.29 is 18.9 Å². The number of halogens is 1. The number of nitrogens with one attached hydrogen (secondary N) is 1. The number of hydrogen-bond acceptors (Lipinski definition) is 5. The maximum absolute atomic E-state index is 12.7. The van der Waals surface area contributed by atoms with E-state index in [1.807, 2.05) is 24.3 Å². The first-order valence-electron chi connectivity index (χ1n) is 8.22. The van der Waals surface area contributed by atoms with Gasteiger partial charge in [-0.15, -0.1) is 0 Å². The third-order valence-electron chi connectivity index (χ3n) is 4.35. The number of nitro groups is 1. The van der Waals surface area contributed by atoms with Gasteiger partial charge in [-0.05, 0) is 18.2 Å². The smallest absolute Gasteiger partial charge is 0.270 e. The first kappa shape index (κ1) is 17.8. The molecule has 0 aliphatic rings. The van der Waals surface area contributed by atoms with Crippen LogP contribution in [-0.2, 0) is 0 Å². The van der Waals surface area contributed by atoms with Crippen molar-refractivity contribution in [2.75, 3.05) is 12.4 Å². The average Bonchev–Trinajstić information content (AvgIpc) is 3.04. The fraction of sp³-hybridized carbons (Fsp3) is 0.0500. The third kappa shape index (κ3) is 3.01. The number of non-ortho nitro benzene ring substituents is 1. The van der Waals surface area contributed by atoms with Gasteiger partial charge in [0.1, 0.15) is 16.9 Å². The molecule has 0 spiro atoms. The summed E-state index contributed by atoms with van der Waals surface area (Å²) in [4.78, 5) is 23.1. The summed E-state index contributed by atoms with van der Waals surface area (Å²) in [5.41, 5.74) is 1.41. The van der Waals surface area contributed by atoms with Crippen LogP contribution in [0.3, 0.4) is 0 Å². The van der Waals surface area contributed by atoms with E-state index in [0.717, 1.165) is 16.8 Å². The van der Waals surface area contributed by atoms with Crippen molar-refractivity contribution in [1.82, 2.24) is 0 Å².